The van der Waals surface area contributed by atoms with Crippen molar-refractivity contribution >= 4 is 29.0 Å². The minimum absolute atomic E-state index is 0.103. The van der Waals surface area contributed by atoms with E-state index in [0.717, 1.165) is 17.7 Å². The summed E-state index contributed by atoms with van der Waals surface area (Å²) in [4.78, 5) is 39.8. The van der Waals surface area contributed by atoms with Gasteiger partial charge in [-0.15, -0.1) is 11.3 Å². The molecule has 1 fully saturated rings. The fourth-order valence-corrected chi connectivity index (χ4v) is 4.19. The maximum absolute atomic E-state index is 12.5. The van der Waals surface area contributed by atoms with Crippen LogP contribution in [-0.2, 0) is 0 Å². The molecule has 1 amide bonds. The lowest BCUT2D eigenvalue weighted by molar-refractivity contribution is 0.0953. The van der Waals surface area contributed by atoms with Gasteiger partial charge in [0, 0.05) is 17.8 Å². The van der Waals surface area contributed by atoms with Crippen LogP contribution in [0.3, 0.4) is 0 Å². The molecule has 1 aliphatic carbocycles. The molecule has 4 N–H and O–H groups in total. The number of hydrogen-bond donors (Lipinski definition) is 4. The quantitative estimate of drug-likeness (QED) is 0.338. The van der Waals surface area contributed by atoms with Gasteiger partial charge in [-0.05, 0) is 37.0 Å². The van der Waals surface area contributed by atoms with Crippen molar-refractivity contribution in [3.8, 4) is 16.5 Å². The second-order valence-corrected chi connectivity index (χ2v) is 9.53. The van der Waals surface area contributed by atoms with E-state index in [2.05, 4.69) is 20.4 Å². The molecule has 170 valence electrons. The van der Waals surface area contributed by atoms with Crippen molar-refractivity contribution in [2.45, 2.75) is 32.7 Å². The van der Waals surface area contributed by atoms with Crippen molar-refractivity contribution in [1.82, 2.24) is 29.9 Å². The van der Waals surface area contributed by atoms with E-state index in [9.17, 15) is 14.7 Å². The minimum Gasteiger partial charge on any atom is -0.493 e. The van der Waals surface area contributed by atoms with Crippen molar-refractivity contribution in [3.05, 3.63) is 56.2 Å². The van der Waals surface area contributed by atoms with E-state index in [4.69, 9.17) is 9.98 Å². The monoisotopic (exact) mass is 465 g/mol. The van der Waals surface area contributed by atoms with Gasteiger partial charge in [0.05, 0.1) is 27.7 Å². The molecular formula is C22H23N7O3S. The lowest BCUT2D eigenvalue weighted by Gasteiger charge is -2.05. The molecule has 0 spiro atoms. The Morgan fingerprint density at radius 1 is 1.39 bits per heavy atom. The Kier molecular flexibility index (Phi) is 5.33. The highest BCUT2D eigenvalue weighted by Gasteiger charge is 2.21. The maximum Gasteiger partial charge on any atom is 0.326 e. The normalized spacial score (nSPS) is 15.1. The van der Waals surface area contributed by atoms with E-state index < -0.39 is 5.69 Å². The van der Waals surface area contributed by atoms with Gasteiger partial charge in [-0.25, -0.2) is 9.78 Å². The Balaban J connectivity index is 1.61. The summed E-state index contributed by atoms with van der Waals surface area (Å²) in [7, 11) is 0. The Morgan fingerprint density at radius 2 is 2.21 bits per heavy atom. The number of fused-ring (bicyclic) bond motifs is 1. The summed E-state index contributed by atoms with van der Waals surface area (Å²) in [6.45, 7) is 4.71. The summed E-state index contributed by atoms with van der Waals surface area (Å²) < 4.78 is 1.65. The average Bonchev–Trinajstić information content (AvgIpc) is 3.16. The number of nitrogens with zero attached hydrogens (tertiary/aromatic N) is 4. The summed E-state index contributed by atoms with van der Waals surface area (Å²) in [5, 5.41) is 17.9. The Bertz CT molecular complexity index is 1520. The molecular weight excluding hydrogens is 442 g/mol. The topological polar surface area (TPSA) is 141 Å². The summed E-state index contributed by atoms with van der Waals surface area (Å²) in [5.74, 6) is 0.0119. The summed E-state index contributed by atoms with van der Waals surface area (Å²) in [5.41, 5.74) is 1.62. The van der Waals surface area contributed by atoms with Crippen LogP contribution >= 0.6 is 11.3 Å². The first-order valence-corrected chi connectivity index (χ1v) is 11.5. The minimum atomic E-state index is -0.504. The largest absolute Gasteiger partial charge is 0.493 e. The predicted molar refractivity (Wildman–Crippen MR) is 124 cm³/mol. The molecule has 0 bridgehead atoms. The van der Waals surface area contributed by atoms with Crippen LogP contribution in [0.2, 0.25) is 0 Å². The number of aromatic hydroxyl groups is 1. The van der Waals surface area contributed by atoms with Gasteiger partial charge in [-0.3, -0.25) is 14.8 Å². The highest BCUT2D eigenvalue weighted by molar-refractivity contribution is 7.17. The second-order valence-electron chi connectivity index (χ2n) is 8.45. The number of imidazole rings is 1. The number of rotatable bonds is 6. The van der Waals surface area contributed by atoms with Gasteiger partial charge < -0.3 is 15.4 Å². The van der Waals surface area contributed by atoms with Gasteiger partial charge in [0.25, 0.3) is 5.91 Å². The molecule has 1 aliphatic rings. The molecule has 33 heavy (non-hydrogen) atoms. The molecule has 4 aromatic rings. The highest BCUT2D eigenvalue weighted by Crippen LogP contribution is 2.27. The number of H-pyrrole nitrogens is 2. The van der Waals surface area contributed by atoms with Crippen LogP contribution in [0.1, 0.15) is 42.1 Å². The third kappa shape index (κ3) is 4.44. The Morgan fingerprint density at radius 3 is 2.91 bits per heavy atom. The van der Waals surface area contributed by atoms with E-state index in [-0.39, 0.29) is 23.5 Å². The molecule has 10 nitrogen and oxygen atoms in total. The van der Waals surface area contributed by atoms with Gasteiger partial charge in [0.2, 0.25) is 5.88 Å². The third-order valence-corrected chi connectivity index (χ3v) is 6.24. The molecule has 0 aromatic carbocycles. The van der Waals surface area contributed by atoms with Gasteiger partial charge in [0.1, 0.15) is 5.69 Å². The number of amides is 1. The fraction of sp³-hybridized carbons (Fsp3) is 0.318. The first kappa shape index (κ1) is 21.1. The van der Waals surface area contributed by atoms with Crippen molar-refractivity contribution < 1.29 is 9.90 Å². The van der Waals surface area contributed by atoms with Crippen molar-refractivity contribution in [3.63, 3.8) is 0 Å². The molecule has 0 aliphatic heterocycles. The zero-order chi connectivity index (χ0) is 23.1. The number of aromatic nitrogens is 5. The Hall–Kier alpha value is -3.73. The first-order chi connectivity index (χ1) is 15.9. The number of carbonyl (C=O) groups excluding carboxylic acids is 1. The van der Waals surface area contributed by atoms with E-state index in [0.29, 0.717) is 39.4 Å². The smallest absolute Gasteiger partial charge is 0.326 e. The maximum atomic E-state index is 12.5. The summed E-state index contributed by atoms with van der Waals surface area (Å²) in [6.07, 6.45) is 5.29. The van der Waals surface area contributed by atoms with Crippen LogP contribution in [0, 0.1) is 5.92 Å². The van der Waals surface area contributed by atoms with Crippen LogP contribution in [-0.4, -0.2) is 48.2 Å². The highest BCUT2D eigenvalue weighted by atomic mass is 32.1. The van der Waals surface area contributed by atoms with Crippen LogP contribution < -0.4 is 21.7 Å². The van der Waals surface area contributed by atoms with Gasteiger partial charge in [-0.2, -0.15) is 9.61 Å². The van der Waals surface area contributed by atoms with Gasteiger partial charge in [-0.1, -0.05) is 13.8 Å². The third-order valence-electron chi connectivity index (χ3n) is 5.13. The van der Waals surface area contributed by atoms with E-state index in [1.54, 1.807) is 22.9 Å². The van der Waals surface area contributed by atoms with Crippen LogP contribution in [0.25, 0.3) is 22.3 Å². The number of nitrogens with one attached hydrogen (secondary N) is 3. The Labute approximate surface area is 191 Å². The molecule has 4 aromatic heterocycles. The van der Waals surface area contributed by atoms with E-state index in [1.807, 2.05) is 26.0 Å². The van der Waals surface area contributed by atoms with Crippen LogP contribution in [0.4, 0.5) is 0 Å². The zero-order valence-electron chi connectivity index (χ0n) is 18.1. The lowest BCUT2D eigenvalue weighted by Crippen LogP contribution is -2.26. The zero-order valence-corrected chi connectivity index (χ0v) is 18.9. The molecule has 1 saturated carbocycles. The summed E-state index contributed by atoms with van der Waals surface area (Å²) >= 11 is 1.37. The first-order valence-electron chi connectivity index (χ1n) is 10.7. The van der Waals surface area contributed by atoms with Crippen molar-refractivity contribution in [2.75, 3.05) is 6.54 Å². The summed E-state index contributed by atoms with van der Waals surface area (Å²) in [6, 6.07) is 5.82. The van der Waals surface area contributed by atoms with E-state index >= 15 is 0 Å². The van der Waals surface area contributed by atoms with Crippen LogP contribution in [0.15, 0.2) is 34.2 Å². The molecule has 11 heteroatoms. The van der Waals surface area contributed by atoms with Gasteiger partial charge >= 0.3 is 5.69 Å². The lowest BCUT2D eigenvalue weighted by atomic mass is 10.2. The number of thiophene rings is 1. The number of aromatic amines is 2. The molecule has 5 rings (SSSR count). The molecule has 0 unspecified atom stereocenters. The number of carbonyl (C=O) groups is 1. The standard InChI is InChI=1S/C22H23N7O3S/c1-11(2)9-23-21(31)17-6-5-16(33-17)14-8-18(25-13-3-4-13)29-19(26-14)12(10-24-29)7-15-20(30)28-22(32)27-15/h5-8,10-11,13,30H,3-4,9H2,1-2H3,(H,23,31)(H2,27,28,32)/b12-7+,25-18?. The van der Waals surface area contributed by atoms with Crippen molar-refractivity contribution in [2.24, 2.45) is 10.9 Å². The average molecular weight is 466 g/mol. The second kappa shape index (κ2) is 8.32. The van der Waals surface area contributed by atoms with Gasteiger partial charge in [0.15, 0.2) is 11.1 Å². The SMILES string of the molecule is CC(C)CNC(=O)c1ccc(-c2cc(=NC3CC3)n3nc/c(=C\c4[nH]c(=O)[nH]c4O)c3n2)s1. The predicted octanol–water partition coefficient (Wildman–Crippen LogP) is 1.18. The molecule has 0 atom stereocenters. The molecule has 0 radical (unpaired) electrons. The molecule has 0 saturated heterocycles. The molecule has 4 heterocycles. The van der Waals surface area contributed by atoms with Crippen LogP contribution in [0.5, 0.6) is 5.88 Å². The van der Waals surface area contributed by atoms with Crippen molar-refractivity contribution in [1.29, 1.82) is 0 Å². The van der Waals surface area contributed by atoms with E-state index in [1.165, 1.54) is 11.3 Å². The fourth-order valence-electron chi connectivity index (χ4n) is 3.30. The number of hydrogen-bond acceptors (Lipinski definition) is 7.